The molecule has 3 atom stereocenters. The molecule has 51 heavy (non-hydrogen) atoms. The van der Waals surface area contributed by atoms with Crippen LogP contribution < -0.4 is 0 Å². The van der Waals surface area contributed by atoms with E-state index in [1.165, 1.54) is 103 Å². The summed E-state index contributed by atoms with van der Waals surface area (Å²) in [6, 6.07) is 0. The minimum Gasteiger partial charge on any atom is -0.462 e. The Morgan fingerprint density at radius 2 is 0.961 bits per heavy atom. The minimum absolute atomic E-state index is 0.188. The molecule has 0 aromatic carbocycles. The van der Waals surface area contributed by atoms with Gasteiger partial charge in [-0.3, -0.25) is 18.6 Å². The van der Waals surface area contributed by atoms with Gasteiger partial charge in [-0.2, -0.15) is 0 Å². The van der Waals surface area contributed by atoms with Crippen molar-refractivity contribution < 1.29 is 47.8 Å². The third-order valence-electron chi connectivity index (χ3n) is 8.92. The van der Waals surface area contributed by atoms with Gasteiger partial charge in [0.1, 0.15) is 12.7 Å². The van der Waals surface area contributed by atoms with Crippen molar-refractivity contribution in [3.8, 4) is 0 Å². The molecular formula is C40H77O10P. The molecular weight excluding hydrogens is 671 g/mol. The predicted octanol–water partition coefficient (Wildman–Crippen LogP) is 10.4. The summed E-state index contributed by atoms with van der Waals surface area (Å²) in [4.78, 5) is 34.9. The van der Waals surface area contributed by atoms with Gasteiger partial charge in [0.15, 0.2) is 6.10 Å². The zero-order valence-corrected chi connectivity index (χ0v) is 33.5. The lowest BCUT2D eigenvalue weighted by molar-refractivity contribution is -0.161. The highest BCUT2D eigenvalue weighted by Gasteiger charge is 2.27. The Hall–Kier alpha value is -1.29. The summed E-state index contributed by atoms with van der Waals surface area (Å²) < 4.78 is 32.6. The number of hydrogen-bond acceptors (Lipinski definition) is 9. The number of ether oxygens (including phenoxy) is 2. The molecule has 0 fully saturated rings. The molecule has 0 aliphatic rings. The first kappa shape index (κ1) is 49.7. The quantitative estimate of drug-likeness (QED) is 0.0240. The van der Waals surface area contributed by atoms with E-state index < -0.39 is 51.8 Å². The lowest BCUT2D eigenvalue weighted by atomic mass is 10.0. The molecule has 10 nitrogen and oxygen atoms in total. The fourth-order valence-electron chi connectivity index (χ4n) is 5.69. The van der Waals surface area contributed by atoms with Gasteiger partial charge < -0.3 is 24.6 Å². The average molecular weight is 749 g/mol. The summed E-state index contributed by atoms with van der Waals surface area (Å²) >= 11 is 0. The van der Waals surface area contributed by atoms with E-state index in [-0.39, 0.29) is 19.4 Å². The fourth-order valence-corrected chi connectivity index (χ4v) is 6.48. The van der Waals surface area contributed by atoms with Crippen molar-refractivity contribution in [1.82, 2.24) is 0 Å². The fraction of sp³-hybridized carbons (Fsp3) is 0.900. The van der Waals surface area contributed by atoms with Gasteiger partial charge in [-0.1, -0.05) is 154 Å². The molecule has 0 saturated heterocycles. The Bertz CT molecular complexity index is 868. The molecule has 0 aliphatic carbocycles. The predicted molar refractivity (Wildman–Crippen MR) is 205 cm³/mol. The molecule has 0 aromatic rings. The summed E-state index contributed by atoms with van der Waals surface area (Å²) in [5.74, 6) is -0.927. The highest BCUT2D eigenvalue weighted by molar-refractivity contribution is 7.47. The molecule has 0 saturated carbocycles. The number of carbonyl (C=O) groups is 2. The largest absolute Gasteiger partial charge is 0.472 e. The SMILES string of the molecule is CCCCCCCC/C=C/CCCCCCCC(=O)OC[C@H](COP(=O)(O)OC[C@@H](O)CO)OC(=O)CCCCCCCCCCCCCCC. The molecule has 0 aliphatic heterocycles. The molecule has 3 N–H and O–H groups in total. The number of carbonyl (C=O) groups excluding carboxylic acids is 2. The number of aliphatic hydroxyl groups is 2. The monoisotopic (exact) mass is 749 g/mol. The van der Waals surface area contributed by atoms with Crippen molar-refractivity contribution in [3.63, 3.8) is 0 Å². The van der Waals surface area contributed by atoms with E-state index in [2.05, 4.69) is 30.5 Å². The van der Waals surface area contributed by atoms with Gasteiger partial charge in [0.05, 0.1) is 19.8 Å². The average Bonchev–Trinajstić information content (AvgIpc) is 3.12. The van der Waals surface area contributed by atoms with E-state index >= 15 is 0 Å². The third kappa shape index (κ3) is 36.8. The van der Waals surface area contributed by atoms with Crippen molar-refractivity contribution in [2.24, 2.45) is 0 Å². The van der Waals surface area contributed by atoms with Crippen molar-refractivity contribution >= 4 is 19.8 Å². The van der Waals surface area contributed by atoms with Gasteiger partial charge in [-0.05, 0) is 38.5 Å². The lowest BCUT2D eigenvalue weighted by Gasteiger charge is -2.20. The first-order valence-electron chi connectivity index (χ1n) is 20.6. The van der Waals surface area contributed by atoms with Crippen LogP contribution in [0.5, 0.6) is 0 Å². The van der Waals surface area contributed by atoms with Crippen LogP contribution in [0.4, 0.5) is 0 Å². The number of aliphatic hydroxyl groups excluding tert-OH is 2. The molecule has 0 rings (SSSR count). The first-order valence-corrected chi connectivity index (χ1v) is 22.1. The van der Waals surface area contributed by atoms with Crippen LogP contribution in [0.2, 0.25) is 0 Å². The second-order valence-corrected chi connectivity index (χ2v) is 15.5. The topological polar surface area (TPSA) is 149 Å². The maximum absolute atomic E-state index is 12.6. The zero-order chi connectivity index (χ0) is 37.7. The van der Waals surface area contributed by atoms with Crippen LogP contribution in [0.15, 0.2) is 12.2 Å². The molecule has 0 spiro atoms. The minimum atomic E-state index is -4.61. The summed E-state index contributed by atoms with van der Waals surface area (Å²) in [6.07, 6.45) is 33.2. The summed E-state index contributed by atoms with van der Waals surface area (Å²) in [6.45, 7) is 2.37. The van der Waals surface area contributed by atoms with Gasteiger partial charge in [0, 0.05) is 12.8 Å². The van der Waals surface area contributed by atoms with Crippen molar-refractivity contribution in [1.29, 1.82) is 0 Å². The second kappa shape index (κ2) is 37.0. The van der Waals surface area contributed by atoms with Crippen LogP contribution in [0, 0.1) is 0 Å². The Morgan fingerprint density at radius 3 is 1.41 bits per heavy atom. The van der Waals surface area contributed by atoms with Crippen LogP contribution in [-0.4, -0.2) is 65.7 Å². The van der Waals surface area contributed by atoms with Crippen LogP contribution in [0.3, 0.4) is 0 Å². The number of unbranched alkanes of at least 4 members (excludes halogenated alkanes) is 23. The number of esters is 2. The molecule has 0 amide bonds. The highest BCUT2D eigenvalue weighted by atomic mass is 31.2. The molecule has 0 heterocycles. The number of rotatable bonds is 39. The molecule has 0 aromatic heterocycles. The highest BCUT2D eigenvalue weighted by Crippen LogP contribution is 2.43. The Morgan fingerprint density at radius 1 is 0.569 bits per heavy atom. The molecule has 302 valence electrons. The summed E-state index contributed by atoms with van der Waals surface area (Å²) in [5.41, 5.74) is 0. The van der Waals surface area contributed by atoms with Crippen LogP contribution in [0.25, 0.3) is 0 Å². The second-order valence-electron chi connectivity index (χ2n) is 14.0. The van der Waals surface area contributed by atoms with Crippen molar-refractivity contribution in [2.75, 3.05) is 26.4 Å². The smallest absolute Gasteiger partial charge is 0.462 e. The standard InChI is InChI=1S/C40H77O10P/c1-3-5-7-9-11-13-15-17-18-20-21-23-25-27-29-31-39(43)47-35-38(36-49-51(45,46)48-34-37(42)33-41)50-40(44)32-30-28-26-24-22-19-16-14-12-10-8-6-4-2/h17-18,37-38,41-42H,3-16,19-36H2,1-2H3,(H,45,46)/b18-17+/t37-,38+/m0/s1. The Kier molecular flexibility index (Phi) is 36.1. The number of phosphoric ester groups is 1. The molecule has 1 unspecified atom stereocenters. The van der Waals surface area contributed by atoms with E-state index in [0.29, 0.717) is 12.8 Å². The van der Waals surface area contributed by atoms with E-state index in [0.717, 1.165) is 51.4 Å². The molecule has 0 bridgehead atoms. The zero-order valence-electron chi connectivity index (χ0n) is 32.6. The van der Waals surface area contributed by atoms with E-state index in [1.54, 1.807) is 0 Å². The summed E-state index contributed by atoms with van der Waals surface area (Å²) in [7, 11) is -4.61. The number of allylic oxidation sites excluding steroid dienone is 2. The maximum atomic E-state index is 12.6. The van der Waals surface area contributed by atoms with Crippen LogP contribution in [-0.2, 0) is 32.7 Å². The van der Waals surface area contributed by atoms with Crippen molar-refractivity contribution in [3.05, 3.63) is 12.2 Å². The van der Waals surface area contributed by atoms with E-state index in [1.807, 2.05) is 0 Å². The Balaban J connectivity index is 4.31. The molecule has 0 radical (unpaired) electrons. The van der Waals surface area contributed by atoms with E-state index in [9.17, 15) is 24.2 Å². The van der Waals surface area contributed by atoms with Crippen molar-refractivity contribution in [2.45, 2.75) is 206 Å². The van der Waals surface area contributed by atoms with Gasteiger partial charge in [0.2, 0.25) is 0 Å². The number of phosphoric acid groups is 1. The summed E-state index contributed by atoms with van der Waals surface area (Å²) in [5, 5.41) is 18.3. The van der Waals surface area contributed by atoms with Gasteiger partial charge in [-0.25, -0.2) is 4.57 Å². The third-order valence-corrected chi connectivity index (χ3v) is 9.87. The van der Waals surface area contributed by atoms with Crippen LogP contribution >= 0.6 is 7.82 Å². The first-order chi connectivity index (χ1) is 24.7. The molecule has 11 heteroatoms. The van der Waals surface area contributed by atoms with Gasteiger partial charge in [-0.15, -0.1) is 0 Å². The Labute approximate surface area is 311 Å². The van der Waals surface area contributed by atoms with Gasteiger partial charge in [0.25, 0.3) is 0 Å². The normalized spacial score (nSPS) is 14.1. The number of hydrogen-bond donors (Lipinski definition) is 3. The maximum Gasteiger partial charge on any atom is 0.472 e. The van der Waals surface area contributed by atoms with Crippen LogP contribution in [0.1, 0.15) is 194 Å². The van der Waals surface area contributed by atoms with Gasteiger partial charge >= 0.3 is 19.8 Å². The van der Waals surface area contributed by atoms with E-state index in [4.69, 9.17) is 19.1 Å². The lowest BCUT2D eigenvalue weighted by Crippen LogP contribution is -2.29.